The van der Waals surface area contributed by atoms with E-state index in [1.54, 1.807) is 29.2 Å². The molecule has 0 heterocycles. The fourth-order valence-corrected chi connectivity index (χ4v) is 2.13. The molecule has 3 N–H and O–H groups in total. The monoisotopic (exact) mass is 305 g/mol. The van der Waals surface area contributed by atoms with E-state index in [0.717, 1.165) is 6.42 Å². The van der Waals surface area contributed by atoms with Crippen LogP contribution in [0.3, 0.4) is 0 Å². The van der Waals surface area contributed by atoms with Crippen molar-refractivity contribution in [1.29, 1.82) is 0 Å². The molecule has 0 spiro atoms. The number of carbonyl (C=O) groups is 2. The maximum Gasteiger partial charge on any atom is 0.253 e. The number of rotatable bonds is 7. The number of nitrogens with two attached hydrogens (primary N) is 1. The van der Waals surface area contributed by atoms with E-state index in [1.807, 2.05) is 27.7 Å². The summed E-state index contributed by atoms with van der Waals surface area (Å²) in [6.07, 6.45) is 0.853. The molecule has 5 nitrogen and oxygen atoms in total. The van der Waals surface area contributed by atoms with Gasteiger partial charge in [-0.1, -0.05) is 20.3 Å². The second-order valence-electron chi connectivity index (χ2n) is 5.46. The third-order valence-electron chi connectivity index (χ3n) is 4.01. The first-order valence-corrected chi connectivity index (χ1v) is 7.90. The Morgan fingerprint density at radius 3 is 2.14 bits per heavy atom. The summed E-state index contributed by atoms with van der Waals surface area (Å²) in [4.78, 5) is 26.0. The summed E-state index contributed by atoms with van der Waals surface area (Å²) in [5.74, 6) is -0.0696. The van der Waals surface area contributed by atoms with Gasteiger partial charge in [-0.05, 0) is 44.0 Å². The molecular formula is C17H27N3O2. The molecule has 5 heteroatoms. The van der Waals surface area contributed by atoms with E-state index in [9.17, 15) is 9.59 Å². The van der Waals surface area contributed by atoms with E-state index in [1.165, 1.54) is 0 Å². The van der Waals surface area contributed by atoms with E-state index in [0.29, 0.717) is 24.3 Å². The SMILES string of the molecule is CCC(C)C(N)C(=O)Nc1ccc(C(=O)N(CC)CC)cc1. The molecule has 0 bridgehead atoms. The predicted molar refractivity (Wildman–Crippen MR) is 89.8 cm³/mol. The molecule has 0 saturated carbocycles. The lowest BCUT2D eigenvalue weighted by atomic mass is 9.99. The molecule has 0 radical (unpaired) electrons. The molecule has 0 fully saturated rings. The Hall–Kier alpha value is -1.88. The minimum absolute atomic E-state index is 0.000756. The topological polar surface area (TPSA) is 75.4 Å². The first-order chi connectivity index (χ1) is 10.4. The highest BCUT2D eigenvalue weighted by molar-refractivity contribution is 5.97. The Morgan fingerprint density at radius 1 is 1.14 bits per heavy atom. The fourth-order valence-electron chi connectivity index (χ4n) is 2.13. The lowest BCUT2D eigenvalue weighted by Crippen LogP contribution is -2.40. The summed E-state index contributed by atoms with van der Waals surface area (Å²) >= 11 is 0. The van der Waals surface area contributed by atoms with Crippen LogP contribution in [-0.4, -0.2) is 35.8 Å². The van der Waals surface area contributed by atoms with Crippen molar-refractivity contribution < 1.29 is 9.59 Å². The molecule has 1 aromatic carbocycles. The average molecular weight is 305 g/mol. The average Bonchev–Trinajstić information content (AvgIpc) is 2.54. The lowest BCUT2D eigenvalue weighted by molar-refractivity contribution is -0.118. The molecule has 0 aliphatic rings. The minimum atomic E-state index is -0.526. The van der Waals surface area contributed by atoms with E-state index in [4.69, 9.17) is 5.73 Å². The zero-order chi connectivity index (χ0) is 16.7. The number of anilines is 1. The summed E-state index contributed by atoms with van der Waals surface area (Å²) in [5, 5.41) is 2.79. The third kappa shape index (κ3) is 4.56. The standard InChI is InChI=1S/C17H27N3O2/c1-5-12(4)15(18)16(21)19-14-10-8-13(9-11-14)17(22)20(6-2)7-3/h8-12,15H,5-7,18H2,1-4H3,(H,19,21). The fraction of sp³-hybridized carbons (Fsp3) is 0.529. The Balaban J connectivity index is 2.73. The molecule has 0 aliphatic carbocycles. The Kier molecular flexibility index (Phi) is 7.05. The van der Waals surface area contributed by atoms with Gasteiger partial charge in [-0.3, -0.25) is 9.59 Å². The third-order valence-corrected chi connectivity index (χ3v) is 4.01. The van der Waals surface area contributed by atoms with E-state index in [2.05, 4.69) is 5.32 Å². The van der Waals surface area contributed by atoms with Crippen LogP contribution in [0.5, 0.6) is 0 Å². The van der Waals surface area contributed by atoms with Crippen molar-refractivity contribution in [3.63, 3.8) is 0 Å². The van der Waals surface area contributed by atoms with Crippen LogP contribution in [0.4, 0.5) is 5.69 Å². The highest BCUT2D eigenvalue weighted by Gasteiger charge is 2.19. The van der Waals surface area contributed by atoms with Crippen molar-refractivity contribution in [2.75, 3.05) is 18.4 Å². The van der Waals surface area contributed by atoms with Gasteiger partial charge in [0.2, 0.25) is 5.91 Å². The summed E-state index contributed by atoms with van der Waals surface area (Å²) < 4.78 is 0. The van der Waals surface area contributed by atoms with Gasteiger partial charge in [0.25, 0.3) is 5.91 Å². The largest absolute Gasteiger partial charge is 0.339 e. The molecule has 2 atom stereocenters. The number of hydrogen-bond donors (Lipinski definition) is 2. The van der Waals surface area contributed by atoms with Crippen LogP contribution in [0.1, 0.15) is 44.5 Å². The van der Waals surface area contributed by atoms with Crippen molar-refractivity contribution in [1.82, 2.24) is 4.90 Å². The van der Waals surface area contributed by atoms with Gasteiger partial charge in [-0.2, -0.15) is 0 Å². The zero-order valence-electron chi connectivity index (χ0n) is 13.9. The lowest BCUT2D eigenvalue weighted by Gasteiger charge is -2.19. The summed E-state index contributed by atoms with van der Waals surface area (Å²) in [6, 6.07) is 6.40. The van der Waals surface area contributed by atoms with Crippen molar-refractivity contribution in [2.45, 2.75) is 40.2 Å². The van der Waals surface area contributed by atoms with Crippen LogP contribution in [0.15, 0.2) is 24.3 Å². The van der Waals surface area contributed by atoms with Crippen LogP contribution in [-0.2, 0) is 4.79 Å². The normalized spacial score (nSPS) is 13.3. The summed E-state index contributed by atoms with van der Waals surface area (Å²) in [7, 11) is 0. The second-order valence-corrected chi connectivity index (χ2v) is 5.46. The predicted octanol–water partition coefficient (Wildman–Crippen LogP) is 2.48. The molecule has 122 valence electrons. The first-order valence-electron chi connectivity index (χ1n) is 7.90. The smallest absolute Gasteiger partial charge is 0.253 e. The van der Waals surface area contributed by atoms with Gasteiger partial charge in [-0.25, -0.2) is 0 Å². The Labute approximate surface area is 132 Å². The van der Waals surface area contributed by atoms with Crippen molar-refractivity contribution >= 4 is 17.5 Å². The number of amides is 2. The van der Waals surface area contributed by atoms with Gasteiger partial charge in [0, 0.05) is 24.3 Å². The number of carbonyl (C=O) groups excluding carboxylic acids is 2. The van der Waals surface area contributed by atoms with Crippen molar-refractivity contribution in [3.8, 4) is 0 Å². The quantitative estimate of drug-likeness (QED) is 0.812. The van der Waals surface area contributed by atoms with Gasteiger partial charge < -0.3 is 16.0 Å². The Morgan fingerprint density at radius 2 is 1.68 bits per heavy atom. The van der Waals surface area contributed by atoms with E-state index < -0.39 is 6.04 Å². The molecule has 0 aliphatic heterocycles. The van der Waals surface area contributed by atoms with Crippen LogP contribution in [0.2, 0.25) is 0 Å². The molecular weight excluding hydrogens is 278 g/mol. The number of nitrogens with one attached hydrogen (secondary N) is 1. The van der Waals surface area contributed by atoms with Gasteiger partial charge in [0.15, 0.2) is 0 Å². The second kappa shape index (κ2) is 8.54. The molecule has 0 aromatic heterocycles. The zero-order valence-corrected chi connectivity index (χ0v) is 13.9. The highest BCUT2D eigenvalue weighted by Crippen LogP contribution is 2.13. The molecule has 2 unspecified atom stereocenters. The van der Waals surface area contributed by atoms with E-state index in [-0.39, 0.29) is 17.7 Å². The van der Waals surface area contributed by atoms with Gasteiger partial charge in [0.05, 0.1) is 6.04 Å². The van der Waals surface area contributed by atoms with Gasteiger partial charge in [0.1, 0.15) is 0 Å². The molecule has 22 heavy (non-hydrogen) atoms. The number of hydrogen-bond acceptors (Lipinski definition) is 3. The Bertz CT molecular complexity index is 495. The minimum Gasteiger partial charge on any atom is -0.339 e. The maximum absolute atomic E-state index is 12.2. The van der Waals surface area contributed by atoms with Crippen molar-refractivity contribution in [2.24, 2.45) is 11.7 Å². The van der Waals surface area contributed by atoms with Crippen molar-refractivity contribution in [3.05, 3.63) is 29.8 Å². The molecule has 0 saturated heterocycles. The number of nitrogens with zero attached hydrogens (tertiary/aromatic N) is 1. The summed E-state index contributed by atoms with van der Waals surface area (Å²) in [5.41, 5.74) is 7.17. The van der Waals surface area contributed by atoms with Gasteiger partial charge in [-0.15, -0.1) is 0 Å². The summed E-state index contributed by atoms with van der Waals surface area (Å²) in [6.45, 7) is 9.22. The molecule has 1 aromatic rings. The van der Waals surface area contributed by atoms with Crippen LogP contribution < -0.4 is 11.1 Å². The molecule has 1 rings (SSSR count). The maximum atomic E-state index is 12.2. The first kappa shape index (κ1) is 18.2. The number of benzene rings is 1. The van der Waals surface area contributed by atoms with Crippen LogP contribution >= 0.6 is 0 Å². The molecule has 2 amide bonds. The van der Waals surface area contributed by atoms with Gasteiger partial charge >= 0.3 is 0 Å². The van der Waals surface area contributed by atoms with E-state index >= 15 is 0 Å². The van der Waals surface area contributed by atoms with Crippen LogP contribution in [0, 0.1) is 5.92 Å². The van der Waals surface area contributed by atoms with Crippen LogP contribution in [0.25, 0.3) is 0 Å². The highest BCUT2D eigenvalue weighted by atomic mass is 16.2.